The van der Waals surface area contributed by atoms with Crippen LogP contribution in [0.2, 0.25) is 0 Å². The van der Waals surface area contributed by atoms with Crippen molar-refractivity contribution in [3.8, 4) is 0 Å². The molecular weight excluding hydrogens is 230 g/mol. The fourth-order valence-corrected chi connectivity index (χ4v) is 1.53. The summed E-state index contributed by atoms with van der Waals surface area (Å²) in [4.78, 5) is 25.3. The molecule has 0 aromatic carbocycles. The summed E-state index contributed by atoms with van der Waals surface area (Å²) in [6.07, 6.45) is 1.70. The van der Waals surface area contributed by atoms with Crippen molar-refractivity contribution in [1.82, 2.24) is 10.2 Å². The van der Waals surface area contributed by atoms with Gasteiger partial charge in [-0.15, -0.1) is 0 Å². The van der Waals surface area contributed by atoms with Crippen LogP contribution in [0.5, 0.6) is 0 Å². The van der Waals surface area contributed by atoms with E-state index >= 15 is 0 Å². The van der Waals surface area contributed by atoms with E-state index in [2.05, 4.69) is 5.32 Å². The van der Waals surface area contributed by atoms with E-state index in [1.807, 2.05) is 27.7 Å². The zero-order valence-corrected chi connectivity index (χ0v) is 12.0. The molecule has 0 spiro atoms. The fraction of sp³-hybridized carbons (Fsp3) is 0.846. The SMILES string of the molecule is CCCNC(=O)CN(CCC)C(=O)[C@H](N)C(C)C. The lowest BCUT2D eigenvalue weighted by molar-refractivity contribution is -0.137. The maximum atomic E-state index is 12.1. The summed E-state index contributed by atoms with van der Waals surface area (Å²) in [5.41, 5.74) is 5.84. The molecule has 0 rings (SSSR count). The molecule has 0 aliphatic carbocycles. The van der Waals surface area contributed by atoms with Gasteiger partial charge in [-0.1, -0.05) is 27.7 Å². The number of nitrogens with zero attached hydrogens (tertiary/aromatic N) is 1. The van der Waals surface area contributed by atoms with Crippen molar-refractivity contribution in [2.75, 3.05) is 19.6 Å². The molecule has 0 aromatic heterocycles. The molecule has 0 heterocycles. The van der Waals surface area contributed by atoms with Gasteiger partial charge in [0, 0.05) is 13.1 Å². The summed E-state index contributed by atoms with van der Waals surface area (Å²) in [7, 11) is 0. The average Bonchev–Trinajstić information content (AvgIpc) is 2.33. The third-order valence-corrected chi connectivity index (χ3v) is 2.72. The van der Waals surface area contributed by atoms with E-state index in [1.54, 1.807) is 4.90 Å². The zero-order valence-electron chi connectivity index (χ0n) is 12.0. The van der Waals surface area contributed by atoms with Crippen molar-refractivity contribution in [2.24, 2.45) is 11.7 Å². The minimum atomic E-state index is -0.532. The molecule has 2 amide bonds. The molecule has 5 nitrogen and oxygen atoms in total. The molecule has 5 heteroatoms. The predicted molar refractivity (Wildman–Crippen MR) is 73.0 cm³/mol. The zero-order chi connectivity index (χ0) is 14.1. The van der Waals surface area contributed by atoms with Gasteiger partial charge in [0.05, 0.1) is 12.6 Å². The summed E-state index contributed by atoms with van der Waals surface area (Å²) in [5.74, 6) is -0.177. The van der Waals surface area contributed by atoms with Crippen molar-refractivity contribution in [3.63, 3.8) is 0 Å². The van der Waals surface area contributed by atoms with E-state index in [-0.39, 0.29) is 24.3 Å². The highest BCUT2D eigenvalue weighted by Crippen LogP contribution is 2.04. The van der Waals surface area contributed by atoms with Gasteiger partial charge in [-0.3, -0.25) is 9.59 Å². The molecule has 0 aliphatic heterocycles. The molecule has 3 N–H and O–H groups in total. The number of carbonyl (C=O) groups excluding carboxylic acids is 2. The van der Waals surface area contributed by atoms with Crippen molar-refractivity contribution >= 4 is 11.8 Å². The Kier molecular flexibility index (Phi) is 8.37. The lowest BCUT2D eigenvalue weighted by atomic mass is 10.0. The average molecular weight is 257 g/mol. The number of carbonyl (C=O) groups is 2. The van der Waals surface area contributed by atoms with Crippen LogP contribution in [-0.2, 0) is 9.59 Å². The number of rotatable bonds is 8. The number of hydrogen-bond acceptors (Lipinski definition) is 3. The normalized spacial score (nSPS) is 12.3. The molecule has 0 radical (unpaired) electrons. The van der Waals surface area contributed by atoms with Gasteiger partial charge in [0.2, 0.25) is 11.8 Å². The van der Waals surface area contributed by atoms with E-state index in [0.29, 0.717) is 13.1 Å². The summed E-state index contributed by atoms with van der Waals surface area (Å²) >= 11 is 0. The summed E-state index contributed by atoms with van der Waals surface area (Å²) in [5, 5.41) is 2.77. The summed E-state index contributed by atoms with van der Waals surface area (Å²) in [6, 6.07) is -0.532. The first-order valence-corrected chi connectivity index (χ1v) is 6.75. The van der Waals surface area contributed by atoms with Crippen molar-refractivity contribution in [1.29, 1.82) is 0 Å². The van der Waals surface area contributed by atoms with E-state index in [4.69, 9.17) is 5.73 Å². The Morgan fingerprint density at radius 2 is 1.83 bits per heavy atom. The second-order valence-electron chi connectivity index (χ2n) is 4.88. The van der Waals surface area contributed by atoms with Crippen molar-refractivity contribution in [2.45, 2.75) is 46.6 Å². The Balaban J connectivity index is 4.46. The van der Waals surface area contributed by atoms with Crippen LogP contribution < -0.4 is 11.1 Å². The van der Waals surface area contributed by atoms with Crippen LogP contribution in [0.25, 0.3) is 0 Å². The fourth-order valence-electron chi connectivity index (χ4n) is 1.53. The van der Waals surface area contributed by atoms with Crippen LogP contribution in [0, 0.1) is 5.92 Å². The Morgan fingerprint density at radius 1 is 1.22 bits per heavy atom. The molecule has 1 atom stereocenters. The largest absolute Gasteiger partial charge is 0.355 e. The second-order valence-corrected chi connectivity index (χ2v) is 4.88. The quantitative estimate of drug-likeness (QED) is 0.673. The van der Waals surface area contributed by atoms with Crippen LogP contribution in [0.4, 0.5) is 0 Å². The molecule has 0 aromatic rings. The van der Waals surface area contributed by atoms with Crippen LogP contribution in [0.1, 0.15) is 40.5 Å². The van der Waals surface area contributed by atoms with Gasteiger partial charge in [0.25, 0.3) is 0 Å². The van der Waals surface area contributed by atoms with E-state index in [1.165, 1.54) is 0 Å². The highest BCUT2D eigenvalue weighted by Gasteiger charge is 2.24. The second kappa shape index (κ2) is 8.91. The van der Waals surface area contributed by atoms with Gasteiger partial charge in [0.1, 0.15) is 0 Å². The van der Waals surface area contributed by atoms with Gasteiger partial charge < -0.3 is 16.0 Å². The van der Waals surface area contributed by atoms with Crippen LogP contribution in [0.3, 0.4) is 0 Å². The molecule has 0 bridgehead atoms. The molecule has 106 valence electrons. The third-order valence-electron chi connectivity index (χ3n) is 2.72. The monoisotopic (exact) mass is 257 g/mol. The highest BCUT2D eigenvalue weighted by molar-refractivity contribution is 5.87. The molecule has 0 aliphatic rings. The molecule has 0 saturated heterocycles. The van der Waals surface area contributed by atoms with Crippen molar-refractivity contribution in [3.05, 3.63) is 0 Å². The molecule has 0 unspecified atom stereocenters. The Bertz CT molecular complexity index is 267. The minimum absolute atomic E-state index is 0.0792. The van der Waals surface area contributed by atoms with Crippen molar-refractivity contribution < 1.29 is 9.59 Å². The first-order chi connectivity index (χ1) is 8.43. The summed E-state index contributed by atoms with van der Waals surface area (Å²) < 4.78 is 0. The maximum Gasteiger partial charge on any atom is 0.240 e. The van der Waals surface area contributed by atoms with Gasteiger partial charge in [0.15, 0.2) is 0 Å². The number of amides is 2. The van der Waals surface area contributed by atoms with E-state index < -0.39 is 6.04 Å². The molecule has 0 saturated carbocycles. The van der Waals surface area contributed by atoms with Gasteiger partial charge in [-0.05, 0) is 18.8 Å². The Labute approximate surface area is 110 Å². The number of hydrogen-bond donors (Lipinski definition) is 2. The molecule has 0 fully saturated rings. The van der Waals surface area contributed by atoms with Gasteiger partial charge in [-0.2, -0.15) is 0 Å². The smallest absolute Gasteiger partial charge is 0.240 e. The van der Waals surface area contributed by atoms with Gasteiger partial charge in [-0.25, -0.2) is 0 Å². The first kappa shape index (κ1) is 16.9. The summed E-state index contributed by atoms with van der Waals surface area (Å²) in [6.45, 7) is 9.10. The first-order valence-electron chi connectivity index (χ1n) is 6.75. The van der Waals surface area contributed by atoms with Gasteiger partial charge >= 0.3 is 0 Å². The Hall–Kier alpha value is -1.10. The van der Waals surface area contributed by atoms with E-state index in [0.717, 1.165) is 12.8 Å². The van der Waals surface area contributed by atoms with E-state index in [9.17, 15) is 9.59 Å². The minimum Gasteiger partial charge on any atom is -0.355 e. The lowest BCUT2D eigenvalue weighted by Gasteiger charge is -2.26. The highest BCUT2D eigenvalue weighted by atomic mass is 16.2. The molecule has 18 heavy (non-hydrogen) atoms. The molecular formula is C13H27N3O2. The van der Waals surface area contributed by atoms with Crippen LogP contribution in [-0.4, -0.2) is 42.4 Å². The topological polar surface area (TPSA) is 75.4 Å². The standard InChI is InChI=1S/C13H27N3O2/c1-5-7-15-11(17)9-16(8-6-2)13(18)12(14)10(3)4/h10,12H,5-9,14H2,1-4H3,(H,15,17)/t12-/m1/s1. The van der Waals surface area contributed by atoms with Crippen LogP contribution in [0.15, 0.2) is 0 Å². The number of nitrogens with one attached hydrogen (secondary N) is 1. The predicted octanol–water partition coefficient (Wildman–Crippen LogP) is 0.735. The Morgan fingerprint density at radius 3 is 2.28 bits per heavy atom. The maximum absolute atomic E-state index is 12.1. The lowest BCUT2D eigenvalue weighted by Crippen LogP contribution is -2.50. The number of nitrogens with two attached hydrogens (primary N) is 1. The third kappa shape index (κ3) is 6.00. The van der Waals surface area contributed by atoms with Crippen LogP contribution >= 0.6 is 0 Å².